The third kappa shape index (κ3) is 4.28. The number of piperidine rings is 1. The molecule has 31 heavy (non-hydrogen) atoms. The van der Waals surface area contributed by atoms with Crippen LogP contribution in [0, 0.1) is 12.7 Å². The number of sulfonamides is 1. The number of benzene rings is 2. The van der Waals surface area contributed by atoms with E-state index in [0.29, 0.717) is 54.0 Å². The fourth-order valence-corrected chi connectivity index (χ4v) is 5.16. The lowest BCUT2D eigenvalue weighted by Gasteiger charge is -2.32. The predicted octanol–water partition coefficient (Wildman–Crippen LogP) is 3.47. The van der Waals surface area contributed by atoms with Crippen LogP contribution >= 0.6 is 0 Å². The zero-order valence-electron chi connectivity index (χ0n) is 17.2. The lowest BCUT2D eigenvalue weighted by molar-refractivity contribution is 0.0711. The highest BCUT2D eigenvalue weighted by Gasteiger charge is 2.29. The van der Waals surface area contributed by atoms with Gasteiger partial charge in [0.25, 0.3) is 5.91 Å². The largest absolute Gasteiger partial charge is 0.497 e. The molecule has 1 saturated heterocycles. The van der Waals surface area contributed by atoms with Crippen molar-refractivity contribution < 1.29 is 26.8 Å². The van der Waals surface area contributed by atoms with E-state index in [-0.39, 0.29) is 16.8 Å². The third-order valence-electron chi connectivity index (χ3n) is 5.51. The van der Waals surface area contributed by atoms with Crippen molar-refractivity contribution in [2.75, 3.05) is 20.2 Å². The van der Waals surface area contributed by atoms with Gasteiger partial charge in [0.2, 0.25) is 10.0 Å². The summed E-state index contributed by atoms with van der Waals surface area (Å²) in [6, 6.07) is 9.72. The maximum Gasteiger partial charge on any atom is 0.258 e. The Bertz CT molecular complexity index is 1210. The van der Waals surface area contributed by atoms with Gasteiger partial charge in [-0.1, -0.05) is 0 Å². The zero-order valence-corrected chi connectivity index (χ0v) is 18.0. The van der Waals surface area contributed by atoms with Gasteiger partial charge in [-0.25, -0.2) is 17.5 Å². The molecular formula is C22H23FN2O5S. The van der Waals surface area contributed by atoms with E-state index in [1.165, 1.54) is 12.1 Å². The Balaban J connectivity index is 1.45. The van der Waals surface area contributed by atoms with Crippen LogP contribution in [0.2, 0.25) is 0 Å². The molecule has 0 bridgehead atoms. The van der Waals surface area contributed by atoms with Gasteiger partial charge >= 0.3 is 0 Å². The number of carbonyl (C=O) groups excluding carboxylic acids is 1. The summed E-state index contributed by atoms with van der Waals surface area (Å²) in [5.41, 5.74) is 1.11. The average Bonchev–Trinajstić information content (AvgIpc) is 3.08. The van der Waals surface area contributed by atoms with Crippen LogP contribution in [0.25, 0.3) is 11.0 Å². The summed E-state index contributed by atoms with van der Waals surface area (Å²) in [6.45, 7) is 2.57. The molecule has 1 aliphatic heterocycles. The number of ether oxygens (including phenoxy) is 1. The van der Waals surface area contributed by atoms with Crippen molar-refractivity contribution in [2.45, 2.75) is 30.7 Å². The van der Waals surface area contributed by atoms with Crippen molar-refractivity contribution in [3.05, 3.63) is 59.6 Å². The Kier molecular flexibility index (Phi) is 5.72. The van der Waals surface area contributed by atoms with E-state index in [9.17, 15) is 17.6 Å². The first-order valence-electron chi connectivity index (χ1n) is 9.93. The normalized spacial score (nSPS) is 15.4. The lowest BCUT2D eigenvalue weighted by Crippen LogP contribution is -2.46. The van der Waals surface area contributed by atoms with Gasteiger partial charge in [0.05, 0.1) is 17.6 Å². The molecule has 1 amide bonds. The highest BCUT2D eigenvalue weighted by molar-refractivity contribution is 7.89. The molecule has 1 aliphatic rings. The SMILES string of the molecule is COc1ccc2oc(C)c(C(=O)N3CCC(NS(=O)(=O)c4ccc(F)cc4)CC3)c2c1. The first-order chi connectivity index (χ1) is 14.8. The monoisotopic (exact) mass is 446 g/mol. The quantitative estimate of drug-likeness (QED) is 0.648. The number of fused-ring (bicyclic) bond motifs is 1. The smallest absolute Gasteiger partial charge is 0.258 e. The van der Waals surface area contributed by atoms with Crippen molar-refractivity contribution in [2.24, 2.45) is 0 Å². The van der Waals surface area contributed by atoms with E-state index in [1.807, 2.05) is 0 Å². The number of nitrogens with one attached hydrogen (secondary N) is 1. The Morgan fingerprint density at radius 3 is 2.48 bits per heavy atom. The second-order valence-corrected chi connectivity index (χ2v) is 9.25. The number of hydrogen-bond donors (Lipinski definition) is 1. The summed E-state index contributed by atoms with van der Waals surface area (Å²) >= 11 is 0. The van der Waals surface area contributed by atoms with E-state index < -0.39 is 15.8 Å². The first kappa shape index (κ1) is 21.3. The standard InChI is InChI=1S/C22H23FN2O5S/c1-14-21(19-13-17(29-2)5-8-20(19)30-14)22(26)25-11-9-16(10-12-25)24-31(27,28)18-6-3-15(23)4-7-18/h3-8,13,16,24H,9-12H2,1-2H3. The van der Waals surface area contributed by atoms with E-state index in [0.717, 1.165) is 12.1 Å². The Hall–Kier alpha value is -2.91. The predicted molar refractivity (Wildman–Crippen MR) is 113 cm³/mol. The van der Waals surface area contributed by atoms with Gasteiger partial charge in [-0.3, -0.25) is 4.79 Å². The fourth-order valence-electron chi connectivity index (χ4n) is 3.85. The lowest BCUT2D eigenvalue weighted by atomic mass is 10.0. The molecule has 7 nitrogen and oxygen atoms in total. The van der Waals surface area contributed by atoms with Gasteiger partial charge in [-0.2, -0.15) is 0 Å². The van der Waals surface area contributed by atoms with Gasteiger partial charge in [0, 0.05) is 24.5 Å². The van der Waals surface area contributed by atoms with E-state index >= 15 is 0 Å². The summed E-state index contributed by atoms with van der Waals surface area (Å²) < 4.78 is 51.8. The van der Waals surface area contributed by atoms with Gasteiger partial charge in [-0.05, 0) is 62.2 Å². The van der Waals surface area contributed by atoms with Crippen LogP contribution in [-0.2, 0) is 10.0 Å². The van der Waals surface area contributed by atoms with Crippen LogP contribution < -0.4 is 9.46 Å². The molecule has 0 atom stereocenters. The fraction of sp³-hybridized carbons (Fsp3) is 0.318. The van der Waals surface area contributed by atoms with Crippen molar-refractivity contribution in [3.8, 4) is 5.75 Å². The molecule has 1 fully saturated rings. The number of halogens is 1. The molecule has 0 unspecified atom stereocenters. The minimum absolute atomic E-state index is 0.0156. The van der Waals surface area contributed by atoms with Gasteiger partial charge in [-0.15, -0.1) is 0 Å². The number of methoxy groups -OCH3 is 1. The van der Waals surface area contributed by atoms with Crippen molar-refractivity contribution >= 4 is 26.9 Å². The highest BCUT2D eigenvalue weighted by Crippen LogP contribution is 2.30. The van der Waals surface area contributed by atoms with Crippen LogP contribution in [0.15, 0.2) is 51.8 Å². The molecule has 0 saturated carbocycles. The average molecular weight is 447 g/mol. The summed E-state index contributed by atoms with van der Waals surface area (Å²) in [5, 5.41) is 0.695. The topological polar surface area (TPSA) is 88.8 Å². The Labute approximate surface area is 179 Å². The summed E-state index contributed by atoms with van der Waals surface area (Å²) in [4.78, 5) is 14.9. The number of likely N-dealkylation sites (tertiary alicyclic amines) is 1. The maximum atomic E-state index is 13.2. The molecule has 1 aromatic heterocycles. The number of nitrogens with zero attached hydrogens (tertiary/aromatic N) is 1. The summed E-state index contributed by atoms with van der Waals surface area (Å²) in [6.07, 6.45) is 0.953. The number of carbonyl (C=O) groups is 1. The van der Waals surface area contributed by atoms with Gasteiger partial charge < -0.3 is 14.1 Å². The van der Waals surface area contributed by atoms with E-state index in [4.69, 9.17) is 9.15 Å². The van der Waals surface area contributed by atoms with Gasteiger partial charge in [0.15, 0.2) is 0 Å². The van der Waals surface area contributed by atoms with Crippen molar-refractivity contribution in [1.82, 2.24) is 9.62 Å². The molecule has 2 aromatic carbocycles. The summed E-state index contributed by atoms with van der Waals surface area (Å²) in [7, 11) is -2.19. The second-order valence-electron chi connectivity index (χ2n) is 7.54. The zero-order chi connectivity index (χ0) is 22.2. The highest BCUT2D eigenvalue weighted by atomic mass is 32.2. The molecular weight excluding hydrogens is 423 g/mol. The first-order valence-corrected chi connectivity index (χ1v) is 11.4. The number of amides is 1. The van der Waals surface area contributed by atoms with Crippen molar-refractivity contribution in [3.63, 3.8) is 0 Å². The van der Waals surface area contributed by atoms with E-state index in [1.54, 1.807) is 37.1 Å². The molecule has 2 heterocycles. The maximum absolute atomic E-state index is 13.2. The van der Waals surface area contributed by atoms with Crippen LogP contribution in [0.1, 0.15) is 29.0 Å². The number of hydrogen-bond acceptors (Lipinski definition) is 5. The molecule has 9 heteroatoms. The molecule has 0 radical (unpaired) electrons. The number of furan rings is 1. The van der Waals surface area contributed by atoms with E-state index in [2.05, 4.69) is 4.72 Å². The second kappa shape index (κ2) is 8.32. The molecule has 164 valence electrons. The van der Waals surface area contributed by atoms with Crippen LogP contribution in [0.4, 0.5) is 4.39 Å². The molecule has 1 N–H and O–H groups in total. The van der Waals surface area contributed by atoms with Gasteiger partial charge in [0.1, 0.15) is 22.9 Å². The van der Waals surface area contributed by atoms with Crippen LogP contribution in [-0.4, -0.2) is 45.5 Å². The summed E-state index contributed by atoms with van der Waals surface area (Å²) in [5.74, 6) is 0.526. The number of rotatable bonds is 5. The molecule has 0 aliphatic carbocycles. The van der Waals surface area contributed by atoms with Crippen LogP contribution in [0.3, 0.4) is 0 Å². The minimum atomic E-state index is -3.75. The molecule has 3 aromatic rings. The Morgan fingerprint density at radius 2 is 1.84 bits per heavy atom. The number of aryl methyl sites for hydroxylation is 1. The van der Waals surface area contributed by atoms with Crippen molar-refractivity contribution in [1.29, 1.82) is 0 Å². The molecule has 4 rings (SSSR count). The minimum Gasteiger partial charge on any atom is -0.497 e. The molecule has 0 spiro atoms. The Morgan fingerprint density at radius 1 is 1.16 bits per heavy atom. The van der Waals surface area contributed by atoms with Crippen LogP contribution in [0.5, 0.6) is 5.75 Å². The third-order valence-corrected chi connectivity index (χ3v) is 7.05.